The molecule has 0 N–H and O–H groups in total. The van der Waals surface area contributed by atoms with Gasteiger partial charge in [0.25, 0.3) is 5.56 Å². The van der Waals surface area contributed by atoms with Gasteiger partial charge in [0.2, 0.25) is 0 Å². The molecule has 0 saturated carbocycles. The second-order valence-corrected chi connectivity index (χ2v) is 8.22. The molecule has 0 fully saturated rings. The molecule has 0 saturated heterocycles. The number of anilines is 1. The first-order valence-corrected chi connectivity index (χ1v) is 10.1. The van der Waals surface area contributed by atoms with Crippen LogP contribution in [0.4, 0.5) is 5.69 Å². The van der Waals surface area contributed by atoms with Crippen LogP contribution in [-0.4, -0.2) is 16.6 Å². The van der Waals surface area contributed by atoms with Gasteiger partial charge in [-0.2, -0.15) is 0 Å². The summed E-state index contributed by atoms with van der Waals surface area (Å²) in [6.07, 6.45) is 3.75. The number of aryl methyl sites for hydroxylation is 1. The lowest BCUT2D eigenvalue weighted by Crippen LogP contribution is -2.33. The van der Waals surface area contributed by atoms with E-state index >= 15 is 0 Å². The summed E-state index contributed by atoms with van der Waals surface area (Å²) in [5.74, 6) is 0. The van der Waals surface area contributed by atoms with Crippen LogP contribution in [0.5, 0.6) is 0 Å². The Morgan fingerprint density at radius 3 is 2.81 bits per heavy atom. The van der Waals surface area contributed by atoms with Gasteiger partial charge in [-0.1, -0.05) is 23.9 Å². The molecule has 0 spiro atoms. The van der Waals surface area contributed by atoms with Crippen molar-refractivity contribution >= 4 is 39.9 Å². The lowest BCUT2D eigenvalue weighted by atomic mass is 10.2. The maximum Gasteiger partial charge on any atom is 0.271 e. The number of rotatable bonds is 2. The molecule has 0 bridgehead atoms. The molecule has 132 valence electrons. The topological polar surface area (TPSA) is 38.1 Å². The zero-order valence-corrected chi connectivity index (χ0v) is 16.5. The monoisotopic (exact) mass is 381 g/mol. The number of fused-ring (bicyclic) bond motifs is 1. The van der Waals surface area contributed by atoms with Crippen LogP contribution in [-0.2, 0) is 6.54 Å². The summed E-state index contributed by atoms with van der Waals surface area (Å²) in [4.78, 5) is 20.7. The SMILES string of the molecule is CCn1c(=O)/c(=C2\Sc3cc(C)ccc3N2C)s/c1=C\c1ccccn1. The molecule has 1 aliphatic heterocycles. The standard InChI is InChI=1S/C20H19N3OS2/c1-4-23-17(12-14-7-5-6-10-21-14)26-18(19(23)24)20-22(3)15-9-8-13(2)11-16(15)25-20/h5-12H,4H2,1-3H3/b17-12-,20-18+. The van der Waals surface area contributed by atoms with E-state index in [0.717, 1.165) is 25.6 Å². The maximum absolute atomic E-state index is 13.0. The first kappa shape index (κ1) is 17.1. The van der Waals surface area contributed by atoms with Gasteiger partial charge < -0.3 is 4.90 Å². The number of hydrogen-bond donors (Lipinski definition) is 0. The van der Waals surface area contributed by atoms with E-state index < -0.39 is 0 Å². The number of aromatic nitrogens is 2. The van der Waals surface area contributed by atoms with E-state index in [9.17, 15) is 4.79 Å². The molecule has 2 aromatic heterocycles. The van der Waals surface area contributed by atoms with Crippen LogP contribution in [0.1, 0.15) is 18.2 Å². The van der Waals surface area contributed by atoms with Crippen LogP contribution in [0.25, 0.3) is 11.1 Å². The Balaban J connectivity index is 1.93. The second kappa shape index (κ2) is 6.78. The first-order valence-electron chi connectivity index (χ1n) is 8.47. The van der Waals surface area contributed by atoms with Gasteiger partial charge in [-0.3, -0.25) is 14.3 Å². The minimum absolute atomic E-state index is 0.0681. The highest BCUT2D eigenvalue weighted by Crippen LogP contribution is 2.45. The van der Waals surface area contributed by atoms with Gasteiger partial charge in [0.1, 0.15) is 14.2 Å². The predicted molar refractivity (Wildman–Crippen MR) is 110 cm³/mol. The average Bonchev–Trinajstić information content (AvgIpc) is 3.12. The molecular formula is C20H19N3OS2. The van der Waals surface area contributed by atoms with Crippen LogP contribution in [0.15, 0.2) is 52.3 Å². The van der Waals surface area contributed by atoms with E-state index in [4.69, 9.17) is 0 Å². The first-order chi connectivity index (χ1) is 12.6. The molecule has 0 aliphatic carbocycles. The van der Waals surface area contributed by atoms with Gasteiger partial charge in [-0.05, 0) is 49.8 Å². The van der Waals surface area contributed by atoms with Gasteiger partial charge >= 0.3 is 0 Å². The van der Waals surface area contributed by atoms with Crippen molar-refractivity contribution in [3.05, 3.63) is 73.4 Å². The van der Waals surface area contributed by atoms with Crippen molar-refractivity contribution in [3.63, 3.8) is 0 Å². The highest BCUT2D eigenvalue weighted by Gasteiger charge is 2.24. The molecule has 4 rings (SSSR count). The number of hydrogen-bond acceptors (Lipinski definition) is 5. The van der Waals surface area contributed by atoms with Gasteiger partial charge in [0.05, 0.1) is 11.4 Å². The zero-order chi connectivity index (χ0) is 18.3. The molecule has 3 aromatic rings. The fourth-order valence-electron chi connectivity index (χ4n) is 3.02. The van der Waals surface area contributed by atoms with Crippen LogP contribution < -0.4 is 19.7 Å². The lowest BCUT2D eigenvalue weighted by Gasteiger charge is -2.12. The van der Waals surface area contributed by atoms with Crippen molar-refractivity contribution in [2.45, 2.75) is 25.3 Å². The molecule has 4 nitrogen and oxygen atoms in total. The zero-order valence-electron chi connectivity index (χ0n) is 14.9. The largest absolute Gasteiger partial charge is 0.337 e. The van der Waals surface area contributed by atoms with Crippen molar-refractivity contribution in [2.75, 3.05) is 11.9 Å². The van der Waals surface area contributed by atoms with Crippen LogP contribution in [0.2, 0.25) is 0 Å². The van der Waals surface area contributed by atoms with Gasteiger partial charge in [-0.25, -0.2) is 0 Å². The van der Waals surface area contributed by atoms with Crippen molar-refractivity contribution in [1.82, 2.24) is 9.55 Å². The van der Waals surface area contributed by atoms with E-state index in [-0.39, 0.29) is 5.56 Å². The molecule has 0 atom stereocenters. The fourth-order valence-corrected chi connectivity index (χ4v) is 5.58. The Morgan fingerprint density at radius 2 is 2.08 bits per heavy atom. The molecule has 0 unspecified atom stereocenters. The quantitative estimate of drug-likeness (QED) is 0.684. The van der Waals surface area contributed by atoms with Crippen molar-refractivity contribution in [2.24, 2.45) is 0 Å². The number of thioether (sulfide) groups is 1. The Labute approximate surface area is 160 Å². The Morgan fingerprint density at radius 1 is 1.23 bits per heavy atom. The molecular weight excluding hydrogens is 362 g/mol. The Hall–Kier alpha value is -2.31. The van der Waals surface area contributed by atoms with Crippen LogP contribution in [0.3, 0.4) is 0 Å². The molecule has 0 amide bonds. The Kier molecular flexibility index (Phi) is 4.46. The Bertz CT molecular complexity index is 1150. The third kappa shape index (κ3) is 2.89. The summed E-state index contributed by atoms with van der Waals surface area (Å²) in [7, 11) is 2.03. The normalized spacial score (nSPS) is 16.3. The smallest absolute Gasteiger partial charge is 0.271 e. The third-order valence-corrected chi connectivity index (χ3v) is 6.84. The number of thiazole rings is 1. The predicted octanol–water partition coefficient (Wildman–Crippen LogP) is 2.77. The summed E-state index contributed by atoms with van der Waals surface area (Å²) >= 11 is 3.21. The minimum atomic E-state index is 0.0681. The van der Waals surface area contributed by atoms with Gasteiger partial charge in [0.15, 0.2) is 0 Å². The molecule has 26 heavy (non-hydrogen) atoms. The summed E-state index contributed by atoms with van der Waals surface area (Å²) in [6, 6.07) is 12.2. The summed E-state index contributed by atoms with van der Waals surface area (Å²) in [5, 5.41) is 1.00. The minimum Gasteiger partial charge on any atom is -0.337 e. The van der Waals surface area contributed by atoms with Crippen molar-refractivity contribution in [3.8, 4) is 0 Å². The van der Waals surface area contributed by atoms with E-state index in [2.05, 4.69) is 35.0 Å². The number of benzene rings is 1. The van der Waals surface area contributed by atoms with Gasteiger partial charge in [-0.15, -0.1) is 11.3 Å². The fraction of sp³-hybridized carbons (Fsp3) is 0.200. The summed E-state index contributed by atoms with van der Waals surface area (Å²) < 4.78 is 3.54. The van der Waals surface area contributed by atoms with Gasteiger partial charge in [0, 0.05) is 24.7 Å². The van der Waals surface area contributed by atoms with E-state index in [0.29, 0.717) is 6.54 Å². The third-order valence-electron chi connectivity index (χ3n) is 4.37. The number of pyridine rings is 1. The van der Waals surface area contributed by atoms with Crippen LogP contribution >= 0.6 is 23.1 Å². The van der Waals surface area contributed by atoms with Crippen molar-refractivity contribution < 1.29 is 0 Å². The highest BCUT2D eigenvalue weighted by molar-refractivity contribution is 8.08. The molecule has 6 heteroatoms. The summed E-state index contributed by atoms with van der Waals surface area (Å²) in [6.45, 7) is 4.73. The van der Waals surface area contributed by atoms with E-state index in [1.54, 1.807) is 18.0 Å². The molecule has 1 aliphatic rings. The summed E-state index contributed by atoms with van der Waals surface area (Å²) in [5.41, 5.74) is 3.31. The molecule has 1 aromatic carbocycles. The van der Waals surface area contributed by atoms with Crippen LogP contribution in [0, 0.1) is 6.92 Å². The van der Waals surface area contributed by atoms with E-state index in [1.807, 2.05) is 42.8 Å². The second-order valence-electron chi connectivity index (χ2n) is 6.16. The molecule has 0 radical (unpaired) electrons. The maximum atomic E-state index is 13.0. The van der Waals surface area contributed by atoms with E-state index in [1.165, 1.54) is 21.8 Å². The highest BCUT2D eigenvalue weighted by atomic mass is 32.2. The number of nitrogens with zero attached hydrogens (tertiary/aromatic N) is 3. The lowest BCUT2D eigenvalue weighted by molar-refractivity contribution is 0.722. The molecule has 3 heterocycles. The average molecular weight is 382 g/mol. The van der Waals surface area contributed by atoms with Crippen molar-refractivity contribution in [1.29, 1.82) is 0 Å².